The van der Waals surface area contributed by atoms with Crippen LogP contribution in [-0.4, -0.2) is 22.1 Å². The van der Waals surface area contributed by atoms with E-state index in [2.05, 4.69) is 44.4 Å². The first kappa shape index (κ1) is 12.4. The molecule has 0 saturated heterocycles. The van der Waals surface area contributed by atoms with Gasteiger partial charge in [0.15, 0.2) is 0 Å². The molecule has 1 aromatic carbocycles. The highest BCUT2D eigenvalue weighted by Crippen LogP contribution is 2.67. The fourth-order valence-corrected chi connectivity index (χ4v) is 3.87. The lowest BCUT2D eigenvalue weighted by atomic mass is 9.80. The number of aromatic nitrogens is 1. The predicted molar refractivity (Wildman–Crippen MR) is 79.4 cm³/mol. The van der Waals surface area contributed by atoms with Crippen LogP contribution in [0.5, 0.6) is 0 Å². The van der Waals surface area contributed by atoms with Gasteiger partial charge in [0, 0.05) is 28.3 Å². The summed E-state index contributed by atoms with van der Waals surface area (Å²) in [6.07, 6.45) is 1.62. The Balaban J connectivity index is 1.41. The van der Waals surface area contributed by atoms with Crippen LogP contribution in [0.1, 0.15) is 18.5 Å². The molecular formula is C15H15BrN2O2. The molecule has 0 unspecified atom stereocenters. The Kier molecular flexibility index (Phi) is 2.54. The van der Waals surface area contributed by atoms with Crippen molar-refractivity contribution in [1.29, 1.82) is 0 Å². The van der Waals surface area contributed by atoms with E-state index in [1.165, 1.54) is 5.39 Å². The number of rotatable bonds is 4. The van der Waals surface area contributed by atoms with Crippen LogP contribution in [-0.2, 0) is 11.3 Å². The van der Waals surface area contributed by atoms with Gasteiger partial charge in [-0.25, -0.2) is 0 Å². The predicted octanol–water partition coefficient (Wildman–Crippen LogP) is 2.88. The third kappa shape index (κ3) is 1.73. The fraction of sp³-hybridized carbons (Fsp3) is 0.400. The van der Waals surface area contributed by atoms with Crippen molar-refractivity contribution in [3.63, 3.8) is 0 Å². The van der Waals surface area contributed by atoms with Gasteiger partial charge in [-0.15, -0.1) is 0 Å². The van der Waals surface area contributed by atoms with Crippen LogP contribution in [0.2, 0.25) is 0 Å². The number of halogens is 1. The van der Waals surface area contributed by atoms with Crippen molar-refractivity contribution in [2.45, 2.75) is 25.4 Å². The minimum Gasteiger partial charge on any atom is -0.481 e. The van der Waals surface area contributed by atoms with E-state index < -0.39 is 5.97 Å². The molecular weight excluding hydrogens is 320 g/mol. The number of aromatic amines is 1. The number of carbonyl (C=O) groups is 1. The summed E-state index contributed by atoms with van der Waals surface area (Å²) in [6.45, 7) is 0.767. The van der Waals surface area contributed by atoms with Crippen molar-refractivity contribution >= 4 is 32.8 Å². The molecule has 4 nitrogen and oxygen atoms in total. The number of carboxylic acids is 1. The maximum absolute atomic E-state index is 11.1. The molecule has 1 heterocycles. The van der Waals surface area contributed by atoms with E-state index in [1.807, 2.05) is 6.07 Å². The summed E-state index contributed by atoms with van der Waals surface area (Å²) >= 11 is 3.47. The second-order valence-electron chi connectivity index (χ2n) is 5.99. The molecule has 4 rings (SSSR count). The number of H-pyrrole nitrogens is 1. The molecule has 1 aromatic heterocycles. The molecule has 0 aliphatic heterocycles. The van der Waals surface area contributed by atoms with Gasteiger partial charge in [0.05, 0.1) is 5.41 Å². The minimum atomic E-state index is -0.615. The van der Waals surface area contributed by atoms with Crippen molar-refractivity contribution in [2.75, 3.05) is 0 Å². The largest absolute Gasteiger partial charge is 0.481 e. The van der Waals surface area contributed by atoms with Gasteiger partial charge >= 0.3 is 5.97 Å². The molecule has 2 aliphatic carbocycles. The third-order valence-corrected chi connectivity index (χ3v) is 5.32. The smallest absolute Gasteiger partial charge is 0.310 e. The van der Waals surface area contributed by atoms with Crippen molar-refractivity contribution in [2.24, 2.45) is 11.3 Å². The molecule has 3 atom stereocenters. The summed E-state index contributed by atoms with van der Waals surface area (Å²) in [5, 5.41) is 13.8. The first-order valence-corrected chi connectivity index (χ1v) is 7.62. The summed E-state index contributed by atoms with van der Waals surface area (Å²) < 4.78 is 1.06. The summed E-state index contributed by atoms with van der Waals surface area (Å²) in [4.78, 5) is 14.5. The summed E-state index contributed by atoms with van der Waals surface area (Å²) in [5.41, 5.74) is 1.89. The van der Waals surface area contributed by atoms with Crippen LogP contribution in [0.25, 0.3) is 10.9 Å². The van der Waals surface area contributed by atoms with Gasteiger partial charge in [-0.3, -0.25) is 4.79 Å². The van der Waals surface area contributed by atoms with E-state index in [0.29, 0.717) is 12.0 Å². The average Bonchev–Trinajstić information content (AvgIpc) is 2.80. The molecule has 3 N–H and O–H groups in total. The number of benzene rings is 1. The number of carboxylic acid groups (broad SMARTS) is 1. The van der Waals surface area contributed by atoms with Crippen LogP contribution < -0.4 is 5.32 Å². The van der Waals surface area contributed by atoms with Gasteiger partial charge in [0.2, 0.25) is 0 Å². The molecule has 2 saturated carbocycles. The highest BCUT2D eigenvalue weighted by atomic mass is 79.9. The van der Waals surface area contributed by atoms with Crippen molar-refractivity contribution in [1.82, 2.24) is 10.3 Å². The number of fused-ring (bicyclic) bond motifs is 2. The molecule has 104 valence electrons. The van der Waals surface area contributed by atoms with Gasteiger partial charge in [-0.2, -0.15) is 0 Å². The Bertz CT molecular complexity index is 711. The SMILES string of the molecule is O=C(O)[C@@]12C[C@H](NCc3cc4ccc(Br)cc4[nH]3)[C@@H]1C2. The van der Waals surface area contributed by atoms with Crippen LogP contribution in [0.15, 0.2) is 28.7 Å². The van der Waals surface area contributed by atoms with Gasteiger partial charge < -0.3 is 15.4 Å². The lowest BCUT2D eigenvalue weighted by molar-refractivity contribution is -0.147. The molecule has 0 spiro atoms. The lowest BCUT2D eigenvalue weighted by Crippen LogP contribution is -2.45. The van der Waals surface area contributed by atoms with Gasteiger partial charge in [-0.05, 0) is 42.3 Å². The van der Waals surface area contributed by atoms with Gasteiger partial charge in [0.25, 0.3) is 0 Å². The van der Waals surface area contributed by atoms with E-state index in [1.54, 1.807) is 0 Å². The Labute approximate surface area is 124 Å². The van der Waals surface area contributed by atoms with E-state index in [0.717, 1.165) is 35.1 Å². The number of aliphatic carboxylic acids is 1. The Morgan fingerprint density at radius 2 is 2.30 bits per heavy atom. The van der Waals surface area contributed by atoms with Crippen molar-refractivity contribution in [3.8, 4) is 0 Å². The first-order chi connectivity index (χ1) is 9.58. The molecule has 0 radical (unpaired) electrons. The zero-order chi connectivity index (χ0) is 13.9. The van der Waals surface area contributed by atoms with Crippen LogP contribution in [0.3, 0.4) is 0 Å². The molecule has 2 aromatic rings. The maximum Gasteiger partial charge on any atom is 0.310 e. The molecule has 2 aliphatic rings. The van der Waals surface area contributed by atoms with Gasteiger partial charge in [0.1, 0.15) is 0 Å². The monoisotopic (exact) mass is 334 g/mol. The van der Waals surface area contributed by atoms with E-state index >= 15 is 0 Å². The van der Waals surface area contributed by atoms with E-state index in [-0.39, 0.29) is 5.41 Å². The number of nitrogens with one attached hydrogen (secondary N) is 2. The molecule has 2 fully saturated rings. The van der Waals surface area contributed by atoms with E-state index in [4.69, 9.17) is 5.11 Å². The second-order valence-corrected chi connectivity index (χ2v) is 6.91. The Morgan fingerprint density at radius 1 is 1.45 bits per heavy atom. The zero-order valence-corrected chi connectivity index (χ0v) is 12.4. The van der Waals surface area contributed by atoms with Crippen molar-refractivity contribution in [3.05, 3.63) is 34.4 Å². The molecule has 0 bridgehead atoms. The fourth-order valence-electron chi connectivity index (χ4n) is 3.51. The average molecular weight is 335 g/mol. The molecule has 5 heteroatoms. The van der Waals surface area contributed by atoms with E-state index in [9.17, 15) is 4.79 Å². The Hall–Kier alpha value is -1.33. The lowest BCUT2D eigenvalue weighted by Gasteiger charge is -2.32. The van der Waals surface area contributed by atoms with Crippen LogP contribution in [0.4, 0.5) is 0 Å². The van der Waals surface area contributed by atoms with Gasteiger partial charge in [-0.1, -0.05) is 22.0 Å². The summed E-state index contributed by atoms with van der Waals surface area (Å²) in [6, 6.07) is 8.69. The highest BCUT2D eigenvalue weighted by Gasteiger charge is 2.71. The number of hydrogen-bond donors (Lipinski definition) is 3. The van der Waals surface area contributed by atoms with Crippen LogP contribution >= 0.6 is 15.9 Å². The first-order valence-electron chi connectivity index (χ1n) is 6.82. The third-order valence-electron chi connectivity index (χ3n) is 4.82. The van der Waals surface area contributed by atoms with Crippen molar-refractivity contribution < 1.29 is 9.90 Å². The zero-order valence-electron chi connectivity index (χ0n) is 10.8. The highest BCUT2D eigenvalue weighted by molar-refractivity contribution is 9.10. The second kappa shape index (κ2) is 4.09. The molecule has 0 amide bonds. The summed E-state index contributed by atoms with van der Waals surface area (Å²) in [7, 11) is 0. The minimum absolute atomic E-state index is 0.346. The summed E-state index contributed by atoms with van der Waals surface area (Å²) in [5.74, 6) is -0.269. The maximum atomic E-state index is 11.1. The standard InChI is InChI=1S/C15H15BrN2O2/c16-9-2-1-8-3-10(18-12(8)4-9)7-17-13-6-15(14(19)20)5-11(13)15/h1-4,11,13,17-18H,5-7H2,(H,19,20)/t11-,13-,15-/m0/s1. The normalized spacial score (nSPS) is 30.9. The van der Waals surface area contributed by atoms with Crippen LogP contribution in [0, 0.1) is 11.3 Å². The number of hydrogen-bond acceptors (Lipinski definition) is 2. The topological polar surface area (TPSA) is 65.1 Å². The molecule has 20 heavy (non-hydrogen) atoms. The quantitative estimate of drug-likeness (QED) is 0.805. The Morgan fingerprint density at radius 3 is 3.00 bits per heavy atom.